The number of benzene rings is 2. The van der Waals surface area contributed by atoms with E-state index in [1.165, 1.54) is 6.92 Å². The lowest BCUT2D eigenvalue weighted by Gasteiger charge is -2.34. The lowest BCUT2D eigenvalue weighted by atomic mass is 10.0. The Morgan fingerprint density at radius 2 is 1.61 bits per heavy atom. The molecule has 0 bridgehead atoms. The van der Waals surface area contributed by atoms with E-state index in [-0.39, 0.29) is 17.0 Å². The molecule has 8 heteroatoms. The molecular formula is C23H25Cl3N2O3. The van der Waals surface area contributed by atoms with Gasteiger partial charge in [-0.3, -0.25) is 9.59 Å². The predicted octanol–water partition coefficient (Wildman–Crippen LogP) is 5.55. The first-order valence-corrected chi connectivity index (χ1v) is 11.3. The van der Waals surface area contributed by atoms with Crippen molar-refractivity contribution in [3.05, 3.63) is 68.7 Å². The molecule has 0 aliphatic carbocycles. The van der Waals surface area contributed by atoms with Gasteiger partial charge in [0.2, 0.25) is 6.10 Å². The Hall–Kier alpha value is -1.79. The lowest BCUT2D eigenvalue weighted by Crippen LogP contribution is -2.41. The number of likely N-dealkylation sites (N-methyl/N-ethyl adjacent to an activating group) is 1. The van der Waals surface area contributed by atoms with Crippen LogP contribution in [0, 0.1) is 0 Å². The number of amides is 1. The summed E-state index contributed by atoms with van der Waals surface area (Å²) in [5.74, 6) is -0.895. The maximum Gasteiger partial charge on any atom is 0.303 e. The predicted molar refractivity (Wildman–Crippen MR) is 124 cm³/mol. The van der Waals surface area contributed by atoms with Crippen molar-refractivity contribution in [2.24, 2.45) is 0 Å². The molecule has 0 aromatic heterocycles. The van der Waals surface area contributed by atoms with Gasteiger partial charge < -0.3 is 14.5 Å². The van der Waals surface area contributed by atoms with Crippen LogP contribution < -0.4 is 0 Å². The van der Waals surface area contributed by atoms with Crippen LogP contribution in [-0.4, -0.2) is 48.4 Å². The second-order valence-corrected chi connectivity index (χ2v) is 8.94. The maximum absolute atomic E-state index is 13.6. The van der Waals surface area contributed by atoms with E-state index >= 15 is 0 Å². The van der Waals surface area contributed by atoms with Crippen molar-refractivity contribution in [1.82, 2.24) is 9.80 Å². The zero-order valence-electron chi connectivity index (χ0n) is 17.5. The van der Waals surface area contributed by atoms with E-state index in [1.807, 2.05) is 24.3 Å². The Morgan fingerprint density at radius 1 is 1.00 bits per heavy atom. The summed E-state index contributed by atoms with van der Waals surface area (Å²) in [7, 11) is 1.73. The minimum atomic E-state index is -1.12. The van der Waals surface area contributed by atoms with Gasteiger partial charge in [0.15, 0.2) is 0 Å². The molecule has 1 aliphatic rings. The SMILES string of the molecule is CC(=O)OC(C(=O)N(C)C(CN1CCCC1)c1ccc(Cl)cc1)c1ccc(Cl)c(Cl)c1. The summed E-state index contributed by atoms with van der Waals surface area (Å²) in [5, 5.41) is 1.28. The highest BCUT2D eigenvalue weighted by molar-refractivity contribution is 6.42. The largest absolute Gasteiger partial charge is 0.447 e. The average molecular weight is 484 g/mol. The number of rotatable bonds is 7. The molecule has 2 aromatic carbocycles. The first-order valence-electron chi connectivity index (χ1n) is 10.1. The first-order chi connectivity index (χ1) is 14.8. The Balaban J connectivity index is 1.92. The molecule has 2 aromatic rings. The molecule has 1 saturated heterocycles. The summed E-state index contributed by atoms with van der Waals surface area (Å²) in [6.07, 6.45) is 1.17. The fourth-order valence-electron chi connectivity index (χ4n) is 3.79. The summed E-state index contributed by atoms with van der Waals surface area (Å²) in [5.41, 5.74) is 1.43. The third-order valence-corrected chi connectivity index (χ3v) is 6.45. The average Bonchev–Trinajstić information content (AvgIpc) is 3.25. The van der Waals surface area contributed by atoms with E-state index < -0.39 is 12.1 Å². The van der Waals surface area contributed by atoms with E-state index in [0.29, 0.717) is 22.2 Å². The third kappa shape index (κ3) is 6.13. The van der Waals surface area contributed by atoms with Gasteiger partial charge in [0, 0.05) is 31.1 Å². The highest BCUT2D eigenvalue weighted by atomic mass is 35.5. The molecular weight excluding hydrogens is 459 g/mol. The highest BCUT2D eigenvalue weighted by Gasteiger charge is 2.33. The standard InChI is InChI=1S/C23H25Cl3N2O3/c1-15(29)31-22(17-7-10-19(25)20(26)13-17)23(30)27(2)21(14-28-11-3-4-12-28)16-5-8-18(24)9-6-16/h5-10,13,21-22H,3-4,11-12,14H2,1-2H3. The van der Waals surface area contributed by atoms with Crippen LogP contribution in [0.4, 0.5) is 0 Å². The fraction of sp³-hybridized carbons (Fsp3) is 0.391. The van der Waals surface area contributed by atoms with Crippen LogP contribution in [0.25, 0.3) is 0 Å². The molecule has 1 aliphatic heterocycles. The summed E-state index contributed by atoms with van der Waals surface area (Å²) in [6, 6.07) is 12.0. The molecule has 2 atom stereocenters. The van der Waals surface area contributed by atoms with Crippen molar-refractivity contribution < 1.29 is 14.3 Å². The topological polar surface area (TPSA) is 49.9 Å². The minimum absolute atomic E-state index is 0.233. The minimum Gasteiger partial charge on any atom is -0.447 e. The van der Waals surface area contributed by atoms with Crippen LogP contribution in [0.3, 0.4) is 0 Å². The quantitative estimate of drug-likeness (QED) is 0.485. The molecule has 0 saturated carbocycles. The van der Waals surface area contributed by atoms with Gasteiger partial charge in [0.05, 0.1) is 16.1 Å². The van der Waals surface area contributed by atoms with E-state index in [0.717, 1.165) is 31.5 Å². The Bertz CT molecular complexity index is 930. The van der Waals surface area contributed by atoms with E-state index in [4.69, 9.17) is 39.5 Å². The van der Waals surface area contributed by atoms with Crippen molar-refractivity contribution in [2.75, 3.05) is 26.7 Å². The van der Waals surface area contributed by atoms with Crippen molar-refractivity contribution in [3.63, 3.8) is 0 Å². The summed E-state index contributed by atoms with van der Waals surface area (Å²) >= 11 is 18.2. The fourth-order valence-corrected chi connectivity index (χ4v) is 4.22. The summed E-state index contributed by atoms with van der Waals surface area (Å²) in [4.78, 5) is 29.3. The van der Waals surface area contributed by atoms with Gasteiger partial charge in [0.1, 0.15) is 0 Å². The molecule has 1 amide bonds. The van der Waals surface area contributed by atoms with E-state index in [9.17, 15) is 9.59 Å². The van der Waals surface area contributed by atoms with Crippen molar-refractivity contribution in [1.29, 1.82) is 0 Å². The van der Waals surface area contributed by atoms with Crippen LogP contribution in [0.2, 0.25) is 15.1 Å². The maximum atomic E-state index is 13.6. The molecule has 0 radical (unpaired) electrons. The molecule has 0 N–H and O–H groups in total. The van der Waals surface area contributed by atoms with Crippen molar-refractivity contribution in [2.45, 2.75) is 31.9 Å². The zero-order chi connectivity index (χ0) is 22.5. The number of ether oxygens (including phenoxy) is 1. The number of hydrogen-bond donors (Lipinski definition) is 0. The first kappa shape index (κ1) is 23.9. The number of hydrogen-bond acceptors (Lipinski definition) is 4. The second-order valence-electron chi connectivity index (χ2n) is 7.69. The van der Waals surface area contributed by atoms with Crippen LogP contribution in [-0.2, 0) is 14.3 Å². The molecule has 31 heavy (non-hydrogen) atoms. The van der Waals surface area contributed by atoms with Crippen molar-refractivity contribution >= 4 is 46.7 Å². The number of carbonyl (C=O) groups is 2. The number of esters is 1. The van der Waals surface area contributed by atoms with E-state index in [2.05, 4.69) is 4.90 Å². The van der Waals surface area contributed by atoms with Crippen LogP contribution in [0.5, 0.6) is 0 Å². The monoisotopic (exact) mass is 482 g/mol. The zero-order valence-corrected chi connectivity index (χ0v) is 19.8. The van der Waals surface area contributed by atoms with Crippen LogP contribution >= 0.6 is 34.8 Å². The third-order valence-electron chi connectivity index (χ3n) is 5.45. The normalized spacial score (nSPS) is 16.0. The van der Waals surface area contributed by atoms with Gasteiger partial charge in [-0.2, -0.15) is 0 Å². The van der Waals surface area contributed by atoms with Crippen LogP contribution in [0.15, 0.2) is 42.5 Å². The molecule has 3 rings (SSSR count). The number of halogens is 3. The Labute approximate surface area is 197 Å². The van der Waals surface area contributed by atoms with Gasteiger partial charge in [-0.25, -0.2) is 0 Å². The molecule has 5 nitrogen and oxygen atoms in total. The van der Waals surface area contributed by atoms with Gasteiger partial charge in [-0.15, -0.1) is 0 Å². The molecule has 166 valence electrons. The number of nitrogens with zero attached hydrogens (tertiary/aromatic N) is 2. The smallest absolute Gasteiger partial charge is 0.303 e. The molecule has 2 unspecified atom stereocenters. The Morgan fingerprint density at radius 3 is 2.19 bits per heavy atom. The number of carbonyl (C=O) groups excluding carboxylic acids is 2. The van der Waals surface area contributed by atoms with Gasteiger partial charge in [0.25, 0.3) is 5.91 Å². The molecule has 0 spiro atoms. The van der Waals surface area contributed by atoms with Gasteiger partial charge in [-0.1, -0.05) is 53.0 Å². The van der Waals surface area contributed by atoms with Gasteiger partial charge >= 0.3 is 5.97 Å². The highest BCUT2D eigenvalue weighted by Crippen LogP contribution is 2.31. The summed E-state index contributed by atoms with van der Waals surface area (Å²) < 4.78 is 5.42. The van der Waals surface area contributed by atoms with Gasteiger partial charge in [-0.05, 0) is 55.8 Å². The molecule has 1 fully saturated rings. The Kier molecular flexibility index (Phi) is 8.23. The van der Waals surface area contributed by atoms with Crippen molar-refractivity contribution in [3.8, 4) is 0 Å². The summed E-state index contributed by atoms with van der Waals surface area (Å²) in [6.45, 7) is 3.94. The van der Waals surface area contributed by atoms with Crippen LogP contribution in [0.1, 0.15) is 43.0 Å². The van der Waals surface area contributed by atoms with E-state index in [1.54, 1.807) is 30.1 Å². The second kappa shape index (κ2) is 10.7. The lowest BCUT2D eigenvalue weighted by molar-refractivity contribution is -0.160. The number of likely N-dealkylation sites (tertiary alicyclic amines) is 1. The molecule has 1 heterocycles.